The highest BCUT2D eigenvalue weighted by atomic mass is 32.2. The first kappa shape index (κ1) is 15.7. The molecular weight excluding hydrogens is 334 g/mol. The van der Waals surface area contributed by atoms with Crippen LogP contribution in [0.15, 0.2) is 63.4 Å². The van der Waals surface area contributed by atoms with Gasteiger partial charge < -0.3 is 4.52 Å². The van der Waals surface area contributed by atoms with Crippen molar-refractivity contribution >= 4 is 21.6 Å². The first-order chi connectivity index (χ1) is 11.0. The van der Waals surface area contributed by atoms with Gasteiger partial charge in [0.15, 0.2) is 9.84 Å². The number of rotatable bonds is 5. The molecule has 0 aliphatic heterocycles. The lowest BCUT2D eigenvalue weighted by molar-refractivity contribution is 0.395. The van der Waals surface area contributed by atoms with Crippen molar-refractivity contribution in [2.45, 2.75) is 15.7 Å². The lowest BCUT2D eigenvalue weighted by Gasteiger charge is -2.04. The molecule has 8 heteroatoms. The quantitative estimate of drug-likeness (QED) is 0.656. The van der Waals surface area contributed by atoms with Crippen molar-refractivity contribution in [3.8, 4) is 11.3 Å². The van der Waals surface area contributed by atoms with E-state index in [4.69, 9.17) is 4.52 Å². The van der Waals surface area contributed by atoms with Gasteiger partial charge in [0.25, 0.3) is 0 Å². The standard InChI is InChI=1S/C15H13N3O3S2/c1-23(19,20)13-4-2-11(3-5-13)14-8-16-9-15(18-14)22-10-12-6-7-17-21-12/h2-9H,10H2,1H3. The molecule has 2 aromatic heterocycles. The SMILES string of the molecule is CS(=O)(=O)c1ccc(-c2cncc(SCc3ccno3)n2)cc1. The molecule has 0 N–H and O–H groups in total. The normalized spacial score (nSPS) is 11.5. The van der Waals surface area contributed by atoms with E-state index in [2.05, 4.69) is 15.1 Å². The van der Waals surface area contributed by atoms with E-state index >= 15 is 0 Å². The van der Waals surface area contributed by atoms with E-state index in [0.29, 0.717) is 11.4 Å². The van der Waals surface area contributed by atoms with E-state index < -0.39 is 9.84 Å². The van der Waals surface area contributed by atoms with Gasteiger partial charge in [0.05, 0.1) is 34.9 Å². The number of aromatic nitrogens is 3. The molecule has 3 rings (SSSR count). The maximum absolute atomic E-state index is 11.5. The van der Waals surface area contributed by atoms with Crippen LogP contribution in [0, 0.1) is 0 Å². The number of nitrogens with zero attached hydrogens (tertiary/aromatic N) is 3. The zero-order valence-corrected chi connectivity index (χ0v) is 13.8. The molecule has 0 bridgehead atoms. The van der Waals surface area contributed by atoms with E-state index in [-0.39, 0.29) is 4.90 Å². The summed E-state index contributed by atoms with van der Waals surface area (Å²) < 4.78 is 28.0. The number of benzene rings is 1. The molecule has 0 saturated heterocycles. The maximum Gasteiger partial charge on any atom is 0.175 e. The summed E-state index contributed by atoms with van der Waals surface area (Å²) in [5.41, 5.74) is 1.50. The van der Waals surface area contributed by atoms with Gasteiger partial charge in [0.2, 0.25) is 0 Å². The first-order valence-corrected chi connectivity index (χ1v) is 9.55. The average molecular weight is 347 g/mol. The molecule has 0 aliphatic rings. The Hall–Kier alpha value is -2.19. The van der Waals surface area contributed by atoms with Crippen molar-refractivity contribution in [3.05, 3.63) is 54.7 Å². The fraction of sp³-hybridized carbons (Fsp3) is 0.133. The largest absolute Gasteiger partial charge is 0.361 e. The van der Waals surface area contributed by atoms with Gasteiger partial charge in [0.1, 0.15) is 10.8 Å². The van der Waals surface area contributed by atoms with Crippen LogP contribution in [0.2, 0.25) is 0 Å². The molecule has 0 aliphatic carbocycles. The summed E-state index contributed by atoms with van der Waals surface area (Å²) in [4.78, 5) is 8.99. The molecule has 6 nitrogen and oxygen atoms in total. The van der Waals surface area contributed by atoms with Crippen LogP contribution in [0.25, 0.3) is 11.3 Å². The molecular formula is C15H13N3O3S2. The van der Waals surface area contributed by atoms with E-state index in [1.54, 1.807) is 48.9 Å². The Morgan fingerprint density at radius 2 is 1.91 bits per heavy atom. The summed E-state index contributed by atoms with van der Waals surface area (Å²) >= 11 is 1.49. The Morgan fingerprint density at radius 3 is 2.57 bits per heavy atom. The fourth-order valence-electron chi connectivity index (χ4n) is 1.89. The Bertz CT molecular complexity index is 892. The highest BCUT2D eigenvalue weighted by Gasteiger charge is 2.08. The zero-order chi connectivity index (χ0) is 16.3. The molecule has 0 saturated carbocycles. The van der Waals surface area contributed by atoms with Crippen LogP contribution in [0.1, 0.15) is 5.76 Å². The molecule has 0 atom stereocenters. The van der Waals surface area contributed by atoms with Gasteiger partial charge in [-0.15, -0.1) is 0 Å². The van der Waals surface area contributed by atoms with Crippen molar-refractivity contribution in [3.63, 3.8) is 0 Å². The molecule has 1 aromatic carbocycles. The second-order valence-electron chi connectivity index (χ2n) is 4.81. The minimum Gasteiger partial charge on any atom is -0.361 e. The fourth-order valence-corrected chi connectivity index (χ4v) is 3.26. The first-order valence-electron chi connectivity index (χ1n) is 6.67. The number of hydrogen-bond donors (Lipinski definition) is 0. The molecule has 3 aromatic rings. The molecule has 0 radical (unpaired) electrons. The average Bonchev–Trinajstić information content (AvgIpc) is 3.06. The van der Waals surface area contributed by atoms with Gasteiger partial charge >= 0.3 is 0 Å². The lowest BCUT2D eigenvalue weighted by atomic mass is 10.2. The Balaban J connectivity index is 1.79. The molecule has 0 amide bonds. The smallest absolute Gasteiger partial charge is 0.175 e. The molecule has 0 fully saturated rings. The predicted octanol–water partition coefficient (Wildman–Crippen LogP) is 2.83. The number of hydrogen-bond acceptors (Lipinski definition) is 7. The molecule has 2 heterocycles. The highest BCUT2D eigenvalue weighted by Crippen LogP contribution is 2.24. The van der Waals surface area contributed by atoms with Crippen molar-refractivity contribution in [2.24, 2.45) is 0 Å². The third-order valence-corrected chi connectivity index (χ3v) is 5.09. The van der Waals surface area contributed by atoms with E-state index in [0.717, 1.165) is 16.3 Å². The van der Waals surface area contributed by atoms with Crippen LogP contribution < -0.4 is 0 Å². The highest BCUT2D eigenvalue weighted by molar-refractivity contribution is 7.98. The molecule has 23 heavy (non-hydrogen) atoms. The van der Waals surface area contributed by atoms with Crippen LogP contribution in [-0.2, 0) is 15.6 Å². The van der Waals surface area contributed by atoms with E-state index in [1.807, 2.05) is 0 Å². The van der Waals surface area contributed by atoms with Gasteiger partial charge in [0, 0.05) is 17.9 Å². The summed E-state index contributed by atoms with van der Waals surface area (Å²) in [6.07, 6.45) is 6.10. The monoisotopic (exact) mass is 347 g/mol. The molecule has 0 spiro atoms. The summed E-state index contributed by atoms with van der Waals surface area (Å²) in [5.74, 6) is 1.38. The minimum atomic E-state index is -3.20. The summed E-state index contributed by atoms with van der Waals surface area (Å²) in [6, 6.07) is 8.39. The number of sulfone groups is 1. The summed E-state index contributed by atoms with van der Waals surface area (Å²) in [7, 11) is -3.20. The van der Waals surface area contributed by atoms with E-state index in [1.165, 1.54) is 18.0 Å². The molecule has 0 unspecified atom stereocenters. The Kier molecular flexibility index (Phi) is 4.44. The third-order valence-electron chi connectivity index (χ3n) is 3.04. The van der Waals surface area contributed by atoms with Crippen molar-refractivity contribution in [2.75, 3.05) is 6.26 Å². The van der Waals surface area contributed by atoms with E-state index in [9.17, 15) is 8.42 Å². The van der Waals surface area contributed by atoms with Crippen LogP contribution >= 0.6 is 11.8 Å². The van der Waals surface area contributed by atoms with Crippen LogP contribution in [0.3, 0.4) is 0 Å². The van der Waals surface area contributed by atoms with Gasteiger partial charge in [-0.25, -0.2) is 13.4 Å². The topological polar surface area (TPSA) is 86.0 Å². The van der Waals surface area contributed by atoms with Gasteiger partial charge in [-0.1, -0.05) is 29.1 Å². The lowest BCUT2D eigenvalue weighted by Crippen LogP contribution is -1.96. The van der Waals surface area contributed by atoms with Crippen LogP contribution in [-0.4, -0.2) is 29.8 Å². The van der Waals surface area contributed by atoms with Crippen LogP contribution in [0.5, 0.6) is 0 Å². The predicted molar refractivity (Wildman–Crippen MR) is 86.6 cm³/mol. The Morgan fingerprint density at radius 1 is 1.13 bits per heavy atom. The van der Waals surface area contributed by atoms with Crippen molar-refractivity contribution < 1.29 is 12.9 Å². The Labute approximate surface area is 137 Å². The second-order valence-corrected chi connectivity index (χ2v) is 7.82. The van der Waals surface area contributed by atoms with Gasteiger partial charge in [-0.3, -0.25) is 4.98 Å². The number of thioether (sulfide) groups is 1. The van der Waals surface area contributed by atoms with Crippen LogP contribution in [0.4, 0.5) is 0 Å². The zero-order valence-electron chi connectivity index (χ0n) is 12.2. The molecule has 118 valence electrons. The third kappa shape index (κ3) is 3.96. The van der Waals surface area contributed by atoms with Gasteiger partial charge in [-0.2, -0.15) is 0 Å². The second kappa shape index (κ2) is 6.51. The summed E-state index contributed by atoms with van der Waals surface area (Å²) in [5, 5.41) is 4.41. The van der Waals surface area contributed by atoms with Gasteiger partial charge in [-0.05, 0) is 12.1 Å². The maximum atomic E-state index is 11.5. The van der Waals surface area contributed by atoms with Crippen molar-refractivity contribution in [1.29, 1.82) is 0 Å². The summed E-state index contributed by atoms with van der Waals surface area (Å²) in [6.45, 7) is 0. The van der Waals surface area contributed by atoms with Crippen molar-refractivity contribution in [1.82, 2.24) is 15.1 Å². The minimum absolute atomic E-state index is 0.282.